The highest BCUT2D eigenvalue weighted by molar-refractivity contribution is 6.46. The maximum atomic E-state index is 13.3. The second kappa shape index (κ2) is 11.9. The number of hydrogen-bond acceptors (Lipinski definition) is 7. The molecule has 2 aromatic rings. The number of ether oxygens (including phenoxy) is 4. The molecule has 0 spiro atoms. The third-order valence-corrected chi connectivity index (χ3v) is 6.78. The summed E-state index contributed by atoms with van der Waals surface area (Å²) in [6, 6.07) is 9.92. The zero-order valence-electron chi connectivity index (χ0n) is 22.8. The van der Waals surface area contributed by atoms with Gasteiger partial charge in [0.1, 0.15) is 17.6 Å². The number of Topliss-reactive ketones (excluding diaryl/α,β-unsaturated/α-hetero) is 1. The first kappa shape index (κ1) is 27.5. The molecule has 1 fully saturated rings. The minimum absolute atomic E-state index is 0.0361. The van der Waals surface area contributed by atoms with Crippen molar-refractivity contribution in [1.82, 2.24) is 4.90 Å². The van der Waals surface area contributed by atoms with Crippen molar-refractivity contribution in [2.75, 3.05) is 33.5 Å². The first-order valence-corrected chi connectivity index (χ1v) is 13.2. The minimum atomic E-state index is -0.808. The maximum Gasteiger partial charge on any atom is 0.295 e. The van der Waals surface area contributed by atoms with Gasteiger partial charge in [-0.3, -0.25) is 9.59 Å². The van der Waals surface area contributed by atoms with Gasteiger partial charge < -0.3 is 29.0 Å². The molecule has 204 valence electrons. The van der Waals surface area contributed by atoms with E-state index in [1.54, 1.807) is 24.3 Å². The van der Waals surface area contributed by atoms with Gasteiger partial charge in [0.15, 0.2) is 11.5 Å². The number of carbonyl (C=O) groups is 2. The molecule has 38 heavy (non-hydrogen) atoms. The van der Waals surface area contributed by atoms with Gasteiger partial charge in [0, 0.05) is 25.6 Å². The summed E-state index contributed by atoms with van der Waals surface area (Å²) in [6.07, 6.45) is 1.65. The Bertz CT molecular complexity index is 1220. The highest BCUT2D eigenvalue weighted by Gasteiger charge is 2.46. The zero-order valence-corrected chi connectivity index (χ0v) is 22.8. The second-order valence-corrected chi connectivity index (χ2v) is 10.1. The van der Waals surface area contributed by atoms with Crippen molar-refractivity contribution in [1.29, 1.82) is 0 Å². The Morgan fingerprint density at radius 1 is 1.11 bits per heavy atom. The summed E-state index contributed by atoms with van der Waals surface area (Å²) < 4.78 is 22.8. The summed E-state index contributed by atoms with van der Waals surface area (Å²) >= 11 is 0. The number of nitrogens with zero attached hydrogens (tertiary/aromatic N) is 1. The number of benzene rings is 2. The molecule has 1 N–H and O–H groups in total. The molecule has 1 saturated heterocycles. The SMILES string of the molecule is CCOc1cc([C@H]2C(=C(O)c3ccc4c(c3)C[C@@H](C)O4)C(=O)C(=O)N2CCOC)ccc1OCCC(C)C. The molecule has 0 aliphatic carbocycles. The largest absolute Gasteiger partial charge is 0.507 e. The molecule has 2 atom stereocenters. The highest BCUT2D eigenvalue weighted by atomic mass is 16.5. The lowest BCUT2D eigenvalue weighted by molar-refractivity contribution is -0.140. The maximum absolute atomic E-state index is 13.3. The molecule has 2 aromatic carbocycles. The highest BCUT2D eigenvalue weighted by Crippen LogP contribution is 2.42. The molecule has 0 saturated carbocycles. The quantitative estimate of drug-likeness (QED) is 0.254. The van der Waals surface area contributed by atoms with Crippen LogP contribution in [0.15, 0.2) is 42.0 Å². The number of carbonyl (C=O) groups excluding carboxylic acids is 2. The monoisotopic (exact) mass is 523 g/mol. The van der Waals surface area contributed by atoms with E-state index in [1.165, 1.54) is 12.0 Å². The first-order chi connectivity index (χ1) is 18.2. The average molecular weight is 524 g/mol. The van der Waals surface area contributed by atoms with E-state index in [0.717, 1.165) is 17.7 Å². The molecular formula is C30H37NO7. The van der Waals surface area contributed by atoms with Crippen LogP contribution in [0.25, 0.3) is 5.76 Å². The lowest BCUT2D eigenvalue weighted by Gasteiger charge is -2.26. The molecule has 2 heterocycles. The van der Waals surface area contributed by atoms with Crippen LogP contribution in [0.1, 0.15) is 56.8 Å². The number of amides is 1. The van der Waals surface area contributed by atoms with E-state index in [2.05, 4.69) is 13.8 Å². The molecule has 0 unspecified atom stereocenters. The third-order valence-electron chi connectivity index (χ3n) is 6.78. The first-order valence-electron chi connectivity index (χ1n) is 13.2. The van der Waals surface area contributed by atoms with E-state index in [9.17, 15) is 14.7 Å². The van der Waals surface area contributed by atoms with E-state index in [1.807, 2.05) is 26.0 Å². The number of hydrogen-bond donors (Lipinski definition) is 1. The molecule has 0 aromatic heterocycles. The summed E-state index contributed by atoms with van der Waals surface area (Å²) in [5.74, 6) is 0.754. The molecular weight excluding hydrogens is 486 g/mol. The van der Waals surface area contributed by atoms with Crippen LogP contribution >= 0.6 is 0 Å². The Morgan fingerprint density at radius 3 is 2.61 bits per heavy atom. The van der Waals surface area contributed by atoms with Crippen LogP contribution in [-0.2, 0) is 20.7 Å². The Morgan fingerprint density at radius 2 is 1.89 bits per heavy atom. The summed E-state index contributed by atoms with van der Waals surface area (Å²) in [5.41, 5.74) is 2.09. The van der Waals surface area contributed by atoms with Crippen molar-refractivity contribution in [2.24, 2.45) is 5.92 Å². The number of methoxy groups -OCH3 is 1. The molecule has 2 aliphatic rings. The van der Waals surface area contributed by atoms with Crippen LogP contribution in [0, 0.1) is 5.92 Å². The van der Waals surface area contributed by atoms with Gasteiger partial charge in [-0.2, -0.15) is 0 Å². The topological polar surface area (TPSA) is 94.5 Å². The van der Waals surface area contributed by atoms with Crippen LogP contribution in [0.5, 0.6) is 17.2 Å². The number of likely N-dealkylation sites (tertiary alicyclic amines) is 1. The Labute approximate surface area is 224 Å². The predicted octanol–water partition coefficient (Wildman–Crippen LogP) is 4.90. The van der Waals surface area contributed by atoms with Crippen LogP contribution in [-0.4, -0.2) is 61.3 Å². The molecule has 0 radical (unpaired) electrons. The van der Waals surface area contributed by atoms with Crippen molar-refractivity contribution >= 4 is 17.4 Å². The summed E-state index contributed by atoms with van der Waals surface area (Å²) in [5, 5.41) is 11.4. The van der Waals surface area contributed by atoms with Gasteiger partial charge in [-0.05, 0) is 67.6 Å². The molecule has 0 bridgehead atoms. The smallest absolute Gasteiger partial charge is 0.295 e. The van der Waals surface area contributed by atoms with E-state index < -0.39 is 17.7 Å². The van der Waals surface area contributed by atoms with Crippen LogP contribution in [0.3, 0.4) is 0 Å². The Hall–Kier alpha value is -3.52. The fourth-order valence-corrected chi connectivity index (χ4v) is 4.86. The minimum Gasteiger partial charge on any atom is -0.507 e. The molecule has 4 rings (SSSR count). The van der Waals surface area contributed by atoms with Gasteiger partial charge in [0.05, 0.1) is 31.4 Å². The number of rotatable bonds is 11. The van der Waals surface area contributed by atoms with Gasteiger partial charge in [-0.25, -0.2) is 0 Å². The fourth-order valence-electron chi connectivity index (χ4n) is 4.86. The van der Waals surface area contributed by atoms with Crippen molar-refractivity contribution in [3.8, 4) is 17.2 Å². The van der Waals surface area contributed by atoms with E-state index >= 15 is 0 Å². The Balaban J connectivity index is 1.78. The number of fused-ring (bicyclic) bond motifs is 1. The van der Waals surface area contributed by atoms with Gasteiger partial charge in [-0.1, -0.05) is 19.9 Å². The molecule has 8 heteroatoms. The van der Waals surface area contributed by atoms with Gasteiger partial charge >= 0.3 is 0 Å². The van der Waals surface area contributed by atoms with E-state index in [-0.39, 0.29) is 30.6 Å². The van der Waals surface area contributed by atoms with Crippen LogP contribution < -0.4 is 14.2 Å². The zero-order chi connectivity index (χ0) is 27.4. The van der Waals surface area contributed by atoms with Crippen LogP contribution in [0.4, 0.5) is 0 Å². The van der Waals surface area contributed by atoms with Crippen molar-refractivity contribution < 1.29 is 33.6 Å². The van der Waals surface area contributed by atoms with Crippen LogP contribution in [0.2, 0.25) is 0 Å². The predicted molar refractivity (Wildman–Crippen MR) is 144 cm³/mol. The molecule has 2 aliphatic heterocycles. The number of aliphatic hydroxyl groups excluding tert-OH is 1. The average Bonchev–Trinajstić information content (AvgIpc) is 3.38. The standard InChI is InChI=1S/C30H37NO7/c1-6-36-25-17-20(7-10-24(25)37-13-11-18(2)3)27-26(29(33)30(34)31(27)12-14-35-5)28(32)21-8-9-23-22(16-21)15-19(4)38-23/h7-10,16-19,27,32H,6,11-15H2,1-5H3/t19-,27+/m1/s1. The normalized spacial score (nSPS) is 20.1. The summed E-state index contributed by atoms with van der Waals surface area (Å²) in [7, 11) is 1.54. The third kappa shape index (κ3) is 5.65. The lowest BCUT2D eigenvalue weighted by Crippen LogP contribution is -2.32. The van der Waals surface area contributed by atoms with Gasteiger partial charge in [-0.15, -0.1) is 0 Å². The Kier molecular flexibility index (Phi) is 8.62. The molecule has 1 amide bonds. The lowest BCUT2D eigenvalue weighted by atomic mass is 9.94. The summed E-state index contributed by atoms with van der Waals surface area (Å²) in [4.78, 5) is 27.9. The number of aliphatic hydroxyl groups is 1. The van der Waals surface area contributed by atoms with Gasteiger partial charge in [0.2, 0.25) is 0 Å². The van der Waals surface area contributed by atoms with E-state index in [0.29, 0.717) is 48.2 Å². The van der Waals surface area contributed by atoms with Crippen molar-refractivity contribution in [3.63, 3.8) is 0 Å². The number of ketones is 1. The van der Waals surface area contributed by atoms with E-state index in [4.69, 9.17) is 18.9 Å². The fraction of sp³-hybridized carbons (Fsp3) is 0.467. The molecule has 8 nitrogen and oxygen atoms in total. The van der Waals surface area contributed by atoms with Crippen molar-refractivity contribution in [2.45, 2.75) is 52.7 Å². The van der Waals surface area contributed by atoms with Crippen molar-refractivity contribution in [3.05, 3.63) is 58.7 Å². The van der Waals surface area contributed by atoms with Gasteiger partial charge in [0.25, 0.3) is 11.7 Å². The second-order valence-electron chi connectivity index (χ2n) is 10.1. The summed E-state index contributed by atoms with van der Waals surface area (Å²) in [6.45, 7) is 9.52.